The van der Waals surface area contributed by atoms with E-state index in [1.165, 1.54) is 30.3 Å². The van der Waals surface area contributed by atoms with Crippen LogP contribution in [0.25, 0.3) is 0 Å². The zero-order valence-electron chi connectivity index (χ0n) is 11.9. The molecule has 0 saturated heterocycles. The molecule has 112 valence electrons. The highest BCUT2D eigenvalue weighted by Gasteiger charge is 2.23. The highest BCUT2D eigenvalue weighted by Crippen LogP contribution is 2.22. The number of ether oxygens (including phenoxy) is 1. The van der Waals surface area contributed by atoms with E-state index >= 15 is 0 Å². The molecule has 2 rings (SSSR count). The first-order chi connectivity index (χ1) is 10.1. The third-order valence-electron chi connectivity index (χ3n) is 3.25. The molecule has 1 aromatic heterocycles. The second-order valence-electron chi connectivity index (χ2n) is 4.61. The molecule has 2 aromatic rings. The molecule has 7 heteroatoms. The monoisotopic (exact) mass is 292 g/mol. The van der Waals surface area contributed by atoms with E-state index in [1.54, 1.807) is 12.1 Å². The summed E-state index contributed by atoms with van der Waals surface area (Å²) in [6.45, 7) is 1.94. The first kappa shape index (κ1) is 15.1. The normalized spacial score (nSPS) is 13.7. The molecule has 0 amide bonds. The fourth-order valence-electron chi connectivity index (χ4n) is 2.07. The molecule has 1 aromatic carbocycles. The molecule has 0 saturated carbocycles. The van der Waals surface area contributed by atoms with Crippen molar-refractivity contribution >= 4 is 5.97 Å². The van der Waals surface area contributed by atoms with Gasteiger partial charge in [0.1, 0.15) is 12.1 Å². The average molecular weight is 292 g/mol. The van der Waals surface area contributed by atoms with Gasteiger partial charge in [-0.15, -0.1) is 5.10 Å². The summed E-state index contributed by atoms with van der Waals surface area (Å²) in [5.74, 6) is -0.971. The average Bonchev–Trinajstić information content (AvgIpc) is 2.98. The molecular weight excluding hydrogens is 275 g/mol. The number of nitrogens with two attached hydrogens (primary N) is 1. The van der Waals surface area contributed by atoms with Crippen LogP contribution < -0.4 is 5.73 Å². The van der Waals surface area contributed by atoms with Crippen molar-refractivity contribution in [1.29, 1.82) is 0 Å². The molecule has 0 aliphatic rings. The Morgan fingerprint density at radius 2 is 2.10 bits per heavy atom. The molecule has 0 aliphatic heterocycles. The Morgan fingerprint density at radius 3 is 2.67 bits per heavy atom. The van der Waals surface area contributed by atoms with E-state index in [0.717, 1.165) is 5.56 Å². The summed E-state index contributed by atoms with van der Waals surface area (Å²) in [6.07, 6.45) is 2.12. The van der Waals surface area contributed by atoms with Crippen LogP contribution in [0.3, 0.4) is 0 Å². The first-order valence-corrected chi connectivity index (χ1v) is 6.57. The van der Waals surface area contributed by atoms with Crippen molar-refractivity contribution in [3.8, 4) is 0 Å². The number of rotatable bonds is 5. The molecule has 6 nitrogen and oxygen atoms in total. The van der Waals surface area contributed by atoms with Crippen LogP contribution >= 0.6 is 0 Å². The molecule has 0 radical (unpaired) electrons. The molecule has 2 N–H and O–H groups in total. The Morgan fingerprint density at radius 1 is 1.43 bits per heavy atom. The van der Waals surface area contributed by atoms with Gasteiger partial charge in [0.2, 0.25) is 0 Å². The van der Waals surface area contributed by atoms with Crippen LogP contribution in [0.5, 0.6) is 0 Å². The summed E-state index contributed by atoms with van der Waals surface area (Å²) < 4.78 is 19.2. The van der Waals surface area contributed by atoms with Gasteiger partial charge in [0, 0.05) is 6.04 Å². The predicted octanol–water partition coefficient (Wildman–Crippen LogP) is 1.53. The lowest BCUT2D eigenvalue weighted by Gasteiger charge is -2.23. The van der Waals surface area contributed by atoms with Crippen LogP contribution in [0.4, 0.5) is 4.39 Å². The van der Waals surface area contributed by atoms with Crippen molar-refractivity contribution in [3.63, 3.8) is 0 Å². The highest BCUT2D eigenvalue weighted by molar-refractivity contribution is 5.84. The molecule has 0 aliphatic carbocycles. The van der Waals surface area contributed by atoms with Gasteiger partial charge < -0.3 is 10.5 Å². The molecule has 1 heterocycles. The van der Waals surface area contributed by atoms with Gasteiger partial charge in [-0.1, -0.05) is 19.1 Å². The van der Waals surface area contributed by atoms with Crippen molar-refractivity contribution in [2.24, 2.45) is 5.73 Å². The minimum Gasteiger partial charge on any atom is -0.463 e. The van der Waals surface area contributed by atoms with Crippen LogP contribution in [-0.4, -0.2) is 33.9 Å². The van der Waals surface area contributed by atoms with E-state index in [4.69, 9.17) is 5.73 Å². The van der Waals surface area contributed by atoms with Crippen LogP contribution in [0.1, 0.15) is 35.6 Å². The molecule has 0 fully saturated rings. The summed E-state index contributed by atoms with van der Waals surface area (Å²) in [5, 5.41) is 4.11. The standard InChI is InChI=1S/C14H17FN4O2/c1-3-11(16)12(9-4-6-10(15)7-5-9)19-8-17-13(18-19)14(20)21-2/h4-8,11-12H,3,16H2,1-2H3. The molecule has 21 heavy (non-hydrogen) atoms. The van der Waals surface area contributed by atoms with Gasteiger partial charge in [-0.2, -0.15) is 0 Å². The molecule has 0 bridgehead atoms. The summed E-state index contributed by atoms with van der Waals surface area (Å²) in [6, 6.07) is 5.44. The van der Waals surface area contributed by atoms with Crippen LogP contribution in [0, 0.1) is 5.82 Å². The van der Waals surface area contributed by atoms with Crippen molar-refractivity contribution < 1.29 is 13.9 Å². The SMILES string of the molecule is CCC(N)C(c1ccc(F)cc1)n1cnc(C(=O)OC)n1. The Kier molecular flexibility index (Phi) is 4.64. The predicted molar refractivity (Wildman–Crippen MR) is 74.2 cm³/mol. The minimum absolute atomic E-state index is 0.0343. The summed E-state index contributed by atoms with van der Waals surface area (Å²) >= 11 is 0. The van der Waals surface area contributed by atoms with Gasteiger partial charge in [-0.3, -0.25) is 0 Å². The van der Waals surface area contributed by atoms with E-state index < -0.39 is 5.97 Å². The van der Waals surface area contributed by atoms with Crippen molar-refractivity contribution in [2.75, 3.05) is 7.11 Å². The van der Waals surface area contributed by atoms with Gasteiger partial charge in [0.05, 0.1) is 13.2 Å². The maximum Gasteiger partial charge on any atom is 0.377 e. The zero-order chi connectivity index (χ0) is 15.4. The molecule has 0 spiro atoms. The summed E-state index contributed by atoms with van der Waals surface area (Å²) in [4.78, 5) is 15.3. The second-order valence-corrected chi connectivity index (χ2v) is 4.61. The number of esters is 1. The topological polar surface area (TPSA) is 83.0 Å². The first-order valence-electron chi connectivity index (χ1n) is 6.57. The van der Waals surface area contributed by atoms with E-state index in [1.807, 2.05) is 6.92 Å². The van der Waals surface area contributed by atoms with Gasteiger partial charge in [-0.25, -0.2) is 18.9 Å². The lowest BCUT2D eigenvalue weighted by molar-refractivity contribution is 0.0586. The van der Waals surface area contributed by atoms with E-state index in [-0.39, 0.29) is 23.7 Å². The van der Waals surface area contributed by atoms with E-state index in [0.29, 0.717) is 6.42 Å². The number of halogens is 1. The van der Waals surface area contributed by atoms with Crippen molar-refractivity contribution in [1.82, 2.24) is 14.8 Å². The fraction of sp³-hybridized carbons (Fsp3) is 0.357. The zero-order valence-corrected chi connectivity index (χ0v) is 11.9. The number of nitrogens with zero attached hydrogens (tertiary/aromatic N) is 3. The maximum atomic E-state index is 13.1. The Labute approximate surface area is 121 Å². The number of methoxy groups -OCH3 is 1. The molecular formula is C14H17FN4O2. The molecule has 2 atom stereocenters. The second kappa shape index (κ2) is 6.45. The number of aromatic nitrogens is 3. The van der Waals surface area contributed by atoms with Gasteiger partial charge in [-0.05, 0) is 24.1 Å². The Bertz CT molecular complexity index is 612. The summed E-state index contributed by atoms with van der Waals surface area (Å²) in [5.41, 5.74) is 6.94. The van der Waals surface area contributed by atoms with Crippen molar-refractivity contribution in [2.45, 2.75) is 25.4 Å². The smallest absolute Gasteiger partial charge is 0.377 e. The number of carbonyl (C=O) groups excluding carboxylic acids is 1. The quantitative estimate of drug-likeness (QED) is 0.845. The Hall–Kier alpha value is -2.28. The van der Waals surface area contributed by atoms with Gasteiger partial charge in [0.25, 0.3) is 5.82 Å². The third kappa shape index (κ3) is 3.25. The van der Waals surface area contributed by atoms with Gasteiger partial charge in [0.15, 0.2) is 0 Å². The highest BCUT2D eigenvalue weighted by atomic mass is 19.1. The number of hydrogen-bond donors (Lipinski definition) is 1. The summed E-state index contributed by atoms with van der Waals surface area (Å²) in [7, 11) is 1.26. The van der Waals surface area contributed by atoms with Crippen LogP contribution in [0.15, 0.2) is 30.6 Å². The van der Waals surface area contributed by atoms with E-state index in [2.05, 4.69) is 14.8 Å². The lowest BCUT2D eigenvalue weighted by atomic mass is 9.98. The third-order valence-corrected chi connectivity index (χ3v) is 3.25. The number of carbonyl (C=O) groups is 1. The fourth-order valence-corrected chi connectivity index (χ4v) is 2.07. The Balaban J connectivity index is 2.38. The van der Waals surface area contributed by atoms with Gasteiger partial charge >= 0.3 is 5.97 Å². The maximum absolute atomic E-state index is 13.1. The molecule has 2 unspecified atom stereocenters. The minimum atomic E-state index is -0.614. The van der Waals surface area contributed by atoms with Crippen LogP contribution in [0.2, 0.25) is 0 Å². The van der Waals surface area contributed by atoms with Crippen LogP contribution in [-0.2, 0) is 4.74 Å². The number of hydrogen-bond acceptors (Lipinski definition) is 5. The van der Waals surface area contributed by atoms with E-state index in [9.17, 15) is 9.18 Å². The number of benzene rings is 1. The van der Waals surface area contributed by atoms with Crippen molar-refractivity contribution in [3.05, 3.63) is 47.8 Å². The lowest BCUT2D eigenvalue weighted by Crippen LogP contribution is -2.33. The largest absolute Gasteiger partial charge is 0.463 e.